The number of ether oxygens (including phenoxy) is 3. The molecule has 2 aromatic carbocycles. The molecule has 2 rings (SSSR count). The zero-order chi connectivity index (χ0) is 17.5. The van der Waals surface area contributed by atoms with E-state index in [0.717, 1.165) is 0 Å². The van der Waals surface area contributed by atoms with Gasteiger partial charge >= 0.3 is 0 Å². The summed E-state index contributed by atoms with van der Waals surface area (Å²) in [6.07, 6.45) is 1.44. The Morgan fingerprint density at radius 2 is 1.67 bits per heavy atom. The number of carbonyl (C=O) groups excluding carboxylic acids is 1. The average Bonchev–Trinajstić information content (AvgIpc) is 2.61. The summed E-state index contributed by atoms with van der Waals surface area (Å²) in [6, 6.07) is 9.29. The molecule has 2 N–H and O–H groups in total. The Morgan fingerprint density at radius 3 is 2.25 bits per heavy atom. The Kier molecular flexibility index (Phi) is 5.62. The van der Waals surface area contributed by atoms with Crippen molar-refractivity contribution in [1.82, 2.24) is 5.43 Å². The molecule has 2 aromatic rings. The van der Waals surface area contributed by atoms with E-state index in [1.165, 1.54) is 51.8 Å². The van der Waals surface area contributed by atoms with Gasteiger partial charge in [0.05, 0.1) is 27.5 Å². The van der Waals surface area contributed by atoms with Crippen LogP contribution in [-0.4, -0.2) is 38.6 Å². The summed E-state index contributed by atoms with van der Waals surface area (Å²) in [5, 5.41) is 13.1. The van der Waals surface area contributed by atoms with Gasteiger partial charge in [0.25, 0.3) is 5.91 Å². The van der Waals surface area contributed by atoms with Crippen molar-refractivity contribution in [2.45, 2.75) is 0 Å². The molecule has 0 aliphatic carbocycles. The highest BCUT2D eigenvalue weighted by Gasteiger charge is 2.14. The lowest BCUT2D eigenvalue weighted by atomic mass is 10.2. The average molecular weight is 330 g/mol. The van der Waals surface area contributed by atoms with Crippen LogP contribution in [0.2, 0.25) is 0 Å². The van der Waals surface area contributed by atoms with Crippen LogP contribution in [0.25, 0.3) is 0 Å². The van der Waals surface area contributed by atoms with Gasteiger partial charge in [-0.2, -0.15) is 5.10 Å². The third kappa shape index (κ3) is 3.75. The topological polar surface area (TPSA) is 89.4 Å². The van der Waals surface area contributed by atoms with Crippen LogP contribution in [-0.2, 0) is 0 Å². The monoisotopic (exact) mass is 330 g/mol. The van der Waals surface area contributed by atoms with Gasteiger partial charge in [0, 0.05) is 11.1 Å². The van der Waals surface area contributed by atoms with Gasteiger partial charge in [-0.25, -0.2) is 5.43 Å². The molecule has 1 amide bonds. The van der Waals surface area contributed by atoms with Crippen molar-refractivity contribution in [3.05, 3.63) is 47.5 Å². The zero-order valence-corrected chi connectivity index (χ0v) is 13.6. The minimum absolute atomic E-state index is 0.0881. The van der Waals surface area contributed by atoms with Crippen molar-refractivity contribution in [3.63, 3.8) is 0 Å². The molecule has 0 saturated carbocycles. The lowest BCUT2D eigenvalue weighted by Crippen LogP contribution is -2.17. The van der Waals surface area contributed by atoms with Gasteiger partial charge in [0.1, 0.15) is 5.75 Å². The molecule has 7 heteroatoms. The van der Waals surface area contributed by atoms with Crippen molar-refractivity contribution in [1.29, 1.82) is 0 Å². The van der Waals surface area contributed by atoms with Gasteiger partial charge in [-0.15, -0.1) is 0 Å². The number of hydrazone groups is 1. The third-order valence-electron chi connectivity index (χ3n) is 3.23. The highest BCUT2D eigenvalue weighted by atomic mass is 16.5. The molecule has 0 saturated heterocycles. The molecule has 0 bridgehead atoms. The van der Waals surface area contributed by atoms with E-state index in [0.29, 0.717) is 28.4 Å². The van der Waals surface area contributed by atoms with E-state index >= 15 is 0 Å². The van der Waals surface area contributed by atoms with Crippen molar-refractivity contribution in [3.8, 4) is 23.0 Å². The van der Waals surface area contributed by atoms with E-state index in [2.05, 4.69) is 10.5 Å². The number of benzene rings is 2. The Hall–Kier alpha value is -3.22. The number of hydrogen-bond donors (Lipinski definition) is 2. The molecule has 0 aliphatic heterocycles. The number of nitrogens with zero attached hydrogens (tertiary/aromatic N) is 1. The van der Waals surface area contributed by atoms with Gasteiger partial charge in [-0.1, -0.05) is 0 Å². The molecular weight excluding hydrogens is 312 g/mol. The van der Waals surface area contributed by atoms with E-state index in [4.69, 9.17) is 14.2 Å². The molecule has 7 nitrogen and oxygen atoms in total. The molecule has 0 aromatic heterocycles. The largest absolute Gasteiger partial charge is 0.508 e. The summed E-state index contributed by atoms with van der Waals surface area (Å²) >= 11 is 0. The predicted octanol–water partition coefficient (Wildman–Crippen LogP) is 2.18. The Balaban J connectivity index is 2.17. The summed E-state index contributed by atoms with van der Waals surface area (Å²) in [7, 11) is 4.54. The smallest absolute Gasteiger partial charge is 0.271 e. The quantitative estimate of drug-likeness (QED) is 0.626. The van der Waals surface area contributed by atoms with E-state index in [1.807, 2.05) is 0 Å². The second kappa shape index (κ2) is 7.87. The number of methoxy groups -OCH3 is 3. The predicted molar refractivity (Wildman–Crippen MR) is 89.3 cm³/mol. The fourth-order valence-corrected chi connectivity index (χ4v) is 2.06. The number of phenols is 1. The first-order valence-electron chi connectivity index (χ1n) is 7.02. The lowest BCUT2D eigenvalue weighted by molar-refractivity contribution is 0.0955. The molecule has 0 radical (unpaired) electrons. The Labute approximate surface area is 139 Å². The fourth-order valence-electron chi connectivity index (χ4n) is 2.06. The van der Waals surface area contributed by atoms with Gasteiger partial charge in [0.2, 0.25) is 5.75 Å². The highest BCUT2D eigenvalue weighted by Crippen LogP contribution is 2.38. The first-order valence-corrected chi connectivity index (χ1v) is 7.02. The van der Waals surface area contributed by atoms with Crippen LogP contribution in [0.5, 0.6) is 23.0 Å². The second-order valence-electron chi connectivity index (χ2n) is 4.67. The van der Waals surface area contributed by atoms with Crippen LogP contribution in [0.1, 0.15) is 15.9 Å². The maximum absolute atomic E-state index is 11.9. The Bertz CT molecular complexity index is 741. The number of carbonyl (C=O) groups is 1. The minimum Gasteiger partial charge on any atom is -0.508 e. The van der Waals surface area contributed by atoms with E-state index < -0.39 is 5.91 Å². The Morgan fingerprint density at radius 1 is 1.00 bits per heavy atom. The fraction of sp³-hybridized carbons (Fsp3) is 0.176. The molecule has 0 unspecified atom stereocenters. The standard InChI is InChI=1S/C17H18N2O5/c1-22-14-9-6-12(15(23-2)16(14)24-3)10-18-19-17(21)11-4-7-13(20)8-5-11/h4-10,20H,1-3H3,(H,19,21)/b18-10-. The molecule has 0 atom stereocenters. The van der Waals surface area contributed by atoms with E-state index in [9.17, 15) is 9.90 Å². The van der Waals surface area contributed by atoms with Gasteiger partial charge in [-0.05, 0) is 36.4 Å². The van der Waals surface area contributed by atoms with Gasteiger partial charge < -0.3 is 19.3 Å². The summed E-state index contributed by atoms with van der Waals surface area (Å²) in [5.41, 5.74) is 3.40. The summed E-state index contributed by atoms with van der Waals surface area (Å²) in [5.74, 6) is 1.10. The maximum Gasteiger partial charge on any atom is 0.271 e. The zero-order valence-electron chi connectivity index (χ0n) is 13.6. The second-order valence-corrected chi connectivity index (χ2v) is 4.67. The first kappa shape index (κ1) is 17.1. The van der Waals surface area contributed by atoms with Crippen molar-refractivity contribution < 1.29 is 24.1 Å². The van der Waals surface area contributed by atoms with Gasteiger partial charge in [0.15, 0.2) is 11.5 Å². The lowest BCUT2D eigenvalue weighted by Gasteiger charge is -2.13. The number of nitrogens with one attached hydrogen (secondary N) is 1. The summed E-state index contributed by atoms with van der Waals surface area (Å²) in [6.45, 7) is 0. The van der Waals surface area contributed by atoms with E-state index in [1.54, 1.807) is 12.1 Å². The van der Waals surface area contributed by atoms with Crippen molar-refractivity contribution >= 4 is 12.1 Å². The first-order chi connectivity index (χ1) is 11.6. The number of aromatic hydroxyl groups is 1. The molecule has 0 heterocycles. The molecule has 0 spiro atoms. The normalized spacial score (nSPS) is 10.5. The number of hydrogen-bond acceptors (Lipinski definition) is 6. The minimum atomic E-state index is -0.398. The van der Waals surface area contributed by atoms with Crippen LogP contribution >= 0.6 is 0 Å². The maximum atomic E-state index is 11.9. The van der Waals surface area contributed by atoms with Crippen LogP contribution in [0, 0.1) is 0 Å². The van der Waals surface area contributed by atoms with Crippen LogP contribution in [0.3, 0.4) is 0 Å². The molecule has 0 aliphatic rings. The third-order valence-corrected chi connectivity index (χ3v) is 3.23. The van der Waals surface area contributed by atoms with Crippen molar-refractivity contribution in [2.24, 2.45) is 5.10 Å². The number of rotatable bonds is 6. The molecular formula is C17H18N2O5. The van der Waals surface area contributed by atoms with Crippen LogP contribution in [0.15, 0.2) is 41.5 Å². The molecule has 24 heavy (non-hydrogen) atoms. The van der Waals surface area contributed by atoms with Gasteiger partial charge in [-0.3, -0.25) is 4.79 Å². The van der Waals surface area contributed by atoms with Crippen molar-refractivity contribution in [2.75, 3.05) is 21.3 Å². The summed E-state index contributed by atoms with van der Waals surface area (Å²) in [4.78, 5) is 11.9. The number of amides is 1. The number of phenolic OH excluding ortho intramolecular Hbond substituents is 1. The molecule has 0 fully saturated rings. The summed E-state index contributed by atoms with van der Waals surface area (Å²) < 4.78 is 15.8. The van der Waals surface area contributed by atoms with Crippen LogP contribution in [0.4, 0.5) is 0 Å². The van der Waals surface area contributed by atoms with Crippen LogP contribution < -0.4 is 19.6 Å². The SMILES string of the molecule is COc1ccc(/C=N\NC(=O)c2ccc(O)cc2)c(OC)c1OC. The highest BCUT2D eigenvalue weighted by molar-refractivity contribution is 5.95. The molecule has 126 valence electrons. The van der Waals surface area contributed by atoms with E-state index in [-0.39, 0.29) is 5.75 Å².